The van der Waals surface area contributed by atoms with Gasteiger partial charge in [-0.15, -0.1) is 0 Å². The SMILES string of the molecule is COc1ccc2c(Cl)cc(-c3ccoc3)nc2c1Br. The lowest BCUT2D eigenvalue weighted by Crippen LogP contribution is -1.90. The van der Waals surface area contributed by atoms with Crippen LogP contribution in [0.1, 0.15) is 0 Å². The summed E-state index contributed by atoms with van der Waals surface area (Å²) in [4.78, 5) is 4.62. The van der Waals surface area contributed by atoms with Crippen molar-refractivity contribution in [2.24, 2.45) is 0 Å². The first-order valence-electron chi connectivity index (χ1n) is 5.56. The minimum Gasteiger partial charge on any atom is -0.495 e. The zero-order chi connectivity index (χ0) is 13.4. The van der Waals surface area contributed by atoms with Gasteiger partial charge < -0.3 is 9.15 Å². The third kappa shape index (κ3) is 2.11. The second-order valence-corrected chi connectivity index (χ2v) is 5.18. The van der Waals surface area contributed by atoms with Crippen molar-refractivity contribution in [1.82, 2.24) is 4.98 Å². The zero-order valence-electron chi connectivity index (χ0n) is 9.98. The van der Waals surface area contributed by atoms with E-state index in [1.165, 1.54) is 0 Å². The summed E-state index contributed by atoms with van der Waals surface area (Å²) in [6.45, 7) is 0. The Labute approximate surface area is 123 Å². The predicted octanol–water partition coefficient (Wildman–Crippen LogP) is 4.92. The van der Waals surface area contributed by atoms with Crippen molar-refractivity contribution < 1.29 is 9.15 Å². The molecular formula is C14H9BrClNO2. The fourth-order valence-electron chi connectivity index (χ4n) is 1.91. The molecule has 0 unspecified atom stereocenters. The number of methoxy groups -OCH3 is 1. The van der Waals surface area contributed by atoms with E-state index in [-0.39, 0.29) is 0 Å². The highest BCUT2D eigenvalue weighted by Gasteiger charge is 2.12. The molecular weight excluding hydrogens is 330 g/mol. The van der Waals surface area contributed by atoms with Gasteiger partial charge in [0.1, 0.15) is 5.75 Å². The van der Waals surface area contributed by atoms with E-state index in [1.54, 1.807) is 19.6 Å². The molecule has 0 amide bonds. The van der Waals surface area contributed by atoms with Gasteiger partial charge in [-0.2, -0.15) is 0 Å². The highest BCUT2D eigenvalue weighted by Crippen LogP contribution is 2.36. The second kappa shape index (κ2) is 4.87. The summed E-state index contributed by atoms with van der Waals surface area (Å²) < 4.78 is 11.1. The Balaban J connectivity index is 2.32. The Kier molecular flexibility index (Phi) is 3.21. The normalized spacial score (nSPS) is 10.9. The van der Waals surface area contributed by atoms with E-state index in [1.807, 2.05) is 24.3 Å². The molecule has 0 aliphatic carbocycles. The molecule has 0 radical (unpaired) electrons. The Morgan fingerprint density at radius 2 is 2.16 bits per heavy atom. The molecule has 0 N–H and O–H groups in total. The van der Waals surface area contributed by atoms with Crippen molar-refractivity contribution in [2.75, 3.05) is 7.11 Å². The summed E-state index contributed by atoms with van der Waals surface area (Å²) in [6, 6.07) is 7.43. The summed E-state index contributed by atoms with van der Waals surface area (Å²) >= 11 is 9.82. The molecule has 1 aromatic carbocycles. The average molecular weight is 339 g/mol. The van der Waals surface area contributed by atoms with Crippen molar-refractivity contribution in [1.29, 1.82) is 0 Å². The zero-order valence-corrected chi connectivity index (χ0v) is 12.3. The van der Waals surface area contributed by atoms with Crippen LogP contribution in [-0.4, -0.2) is 12.1 Å². The Morgan fingerprint density at radius 1 is 1.32 bits per heavy atom. The first kappa shape index (κ1) is 12.5. The molecule has 0 fully saturated rings. The largest absolute Gasteiger partial charge is 0.495 e. The topological polar surface area (TPSA) is 35.3 Å². The first-order valence-corrected chi connectivity index (χ1v) is 6.73. The lowest BCUT2D eigenvalue weighted by Gasteiger charge is -2.09. The molecule has 0 aliphatic rings. The number of aromatic nitrogens is 1. The van der Waals surface area contributed by atoms with Crippen LogP contribution in [0.25, 0.3) is 22.2 Å². The number of benzene rings is 1. The average Bonchev–Trinajstić information content (AvgIpc) is 2.94. The van der Waals surface area contributed by atoms with Crippen LogP contribution >= 0.6 is 27.5 Å². The standard InChI is InChI=1S/C14H9BrClNO2/c1-18-12-3-2-9-10(16)6-11(8-4-5-19-7-8)17-14(9)13(12)15/h2-7H,1H3. The molecule has 2 aromatic heterocycles. The number of fused-ring (bicyclic) bond motifs is 1. The molecule has 0 saturated heterocycles. The molecule has 0 spiro atoms. The minimum absolute atomic E-state index is 0.643. The van der Waals surface area contributed by atoms with E-state index in [2.05, 4.69) is 20.9 Å². The Bertz CT molecular complexity index is 741. The van der Waals surface area contributed by atoms with Crippen molar-refractivity contribution in [3.8, 4) is 17.0 Å². The van der Waals surface area contributed by atoms with E-state index >= 15 is 0 Å². The van der Waals surface area contributed by atoms with E-state index in [0.717, 1.165) is 32.4 Å². The third-order valence-electron chi connectivity index (χ3n) is 2.87. The van der Waals surface area contributed by atoms with Gasteiger partial charge >= 0.3 is 0 Å². The number of hydrogen-bond donors (Lipinski definition) is 0. The van der Waals surface area contributed by atoms with E-state index in [4.69, 9.17) is 20.8 Å². The van der Waals surface area contributed by atoms with Gasteiger partial charge in [-0.3, -0.25) is 0 Å². The van der Waals surface area contributed by atoms with Crippen LogP contribution in [0.3, 0.4) is 0 Å². The van der Waals surface area contributed by atoms with Crippen molar-refractivity contribution in [3.05, 3.63) is 46.3 Å². The molecule has 3 aromatic rings. The van der Waals surface area contributed by atoms with E-state index in [9.17, 15) is 0 Å². The van der Waals surface area contributed by atoms with E-state index < -0.39 is 0 Å². The van der Waals surface area contributed by atoms with Crippen LogP contribution in [0.2, 0.25) is 5.02 Å². The summed E-state index contributed by atoms with van der Waals surface area (Å²) in [7, 11) is 1.62. The number of nitrogens with zero attached hydrogens (tertiary/aromatic N) is 1. The fourth-order valence-corrected chi connectivity index (χ4v) is 2.77. The third-order valence-corrected chi connectivity index (χ3v) is 3.95. The number of ether oxygens (including phenoxy) is 1. The summed E-state index contributed by atoms with van der Waals surface area (Å²) in [5, 5.41) is 1.52. The maximum Gasteiger partial charge on any atom is 0.135 e. The van der Waals surface area contributed by atoms with Crippen LogP contribution in [0.5, 0.6) is 5.75 Å². The van der Waals surface area contributed by atoms with Crippen molar-refractivity contribution in [2.45, 2.75) is 0 Å². The quantitative estimate of drug-likeness (QED) is 0.665. The molecule has 0 bridgehead atoms. The maximum atomic E-state index is 6.31. The lowest BCUT2D eigenvalue weighted by molar-refractivity contribution is 0.413. The summed E-state index contributed by atoms with van der Waals surface area (Å²) in [5.74, 6) is 0.723. The van der Waals surface area contributed by atoms with Crippen molar-refractivity contribution in [3.63, 3.8) is 0 Å². The highest BCUT2D eigenvalue weighted by molar-refractivity contribution is 9.10. The van der Waals surface area contributed by atoms with Crippen LogP contribution in [0, 0.1) is 0 Å². The fraction of sp³-hybridized carbons (Fsp3) is 0.0714. The molecule has 0 aliphatic heterocycles. The Hall–Kier alpha value is -1.52. The minimum atomic E-state index is 0.643. The van der Waals surface area contributed by atoms with Gasteiger partial charge in [0.25, 0.3) is 0 Å². The molecule has 5 heteroatoms. The molecule has 2 heterocycles. The van der Waals surface area contributed by atoms with Gasteiger partial charge in [0, 0.05) is 10.9 Å². The van der Waals surface area contributed by atoms with Crippen molar-refractivity contribution >= 4 is 38.4 Å². The van der Waals surface area contributed by atoms with Gasteiger partial charge in [-0.25, -0.2) is 4.98 Å². The van der Waals surface area contributed by atoms with Gasteiger partial charge in [-0.1, -0.05) is 11.6 Å². The number of halogens is 2. The van der Waals surface area contributed by atoms with Gasteiger partial charge in [0.2, 0.25) is 0 Å². The second-order valence-electron chi connectivity index (χ2n) is 3.98. The van der Waals surface area contributed by atoms with Crippen LogP contribution in [0.4, 0.5) is 0 Å². The maximum absolute atomic E-state index is 6.31. The summed E-state index contributed by atoms with van der Waals surface area (Å²) in [5.41, 5.74) is 2.42. The smallest absolute Gasteiger partial charge is 0.135 e. The van der Waals surface area contributed by atoms with Gasteiger partial charge in [-0.05, 0) is 40.2 Å². The lowest BCUT2D eigenvalue weighted by atomic mass is 10.1. The molecule has 0 atom stereocenters. The number of pyridine rings is 1. The van der Waals surface area contributed by atoms with E-state index in [0.29, 0.717) is 5.02 Å². The molecule has 3 rings (SSSR count). The molecule has 96 valence electrons. The predicted molar refractivity (Wildman–Crippen MR) is 78.7 cm³/mol. The highest BCUT2D eigenvalue weighted by atomic mass is 79.9. The first-order chi connectivity index (χ1) is 9.20. The number of hydrogen-bond acceptors (Lipinski definition) is 3. The monoisotopic (exact) mass is 337 g/mol. The summed E-state index contributed by atoms with van der Waals surface area (Å²) in [6.07, 6.45) is 3.24. The van der Waals surface area contributed by atoms with Gasteiger partial charge in [0.15, 0.2) is 0 Å². The Morgan fingerprint density at radius 3 is 2.84 bits per heavy atom. The number of rotatable bonds is 2. The number of furan rings is 1. The van der Waals surface area contributed by atoms with Crippen LogP contribution in [0.15, 0.2) is 45.7 Å². The molecule has 3 nitrogen and oxygen atoms in total. The van der Waals surface area contributed by atoms with Crippen LogP contribution in [-0.2, 0) is 0 Å². The molecule has 19 heavy (non-hydrogen) atoms. The van der Waals surface area contributed by atoms with Crippen LogP contribution < -0.4 is 4.74 Å². The molecule has 0 saturated carbocycles. The van der Waals surface area contributed by atoms with Gasteiger partial charge in [0.05, 0.1) is 40.3 Å².